The molecule has 2 fully saturated rings. The summed E-state index contributed by atoms with van der Waals surface area (Å²) in [5.74, 6) is 1.16. The maximum atomic E-state index is 12.7. The molecule has 1 amide bonds. The molecule has 2 aromatic rings. The number of nitrogens with zero attached hydrogens (tertiary/aromatic N) is 2. The van der Waals surface area contributed by atoms with Gasteiger partial charge in [-0.25, -0.2) is 0 Å². The van der Waals surface area contributed by atoms with Crippen LogP contribution in [-0.2, 0) is 11.2 Å². The van der Waals surface area contributed by atoms with Crippen LogP contribution in [0.1, 0.15) is 24.8 Å². The van der Waals surface area contributed by atoms with Crippen molar-refractivity contribution in [2.75, 3.05) is 26.7 Å². The fourth-order valence-electron chi connectivity index (χ4n) is 3.91. The van der Waals surface area contributed by atoms with Gasteiger partial charge >= 0.3 is 0 Å². The first-order valence-corrected chi connectivity index (χ1v) is 9.81. The van der Waals surface area contributed by atoms with Crippen LogP contribution in [0.5, 0.6) is 0 Å². The van der Waals surface area contributed by atoms with E-state index in [1.807, 2.05) is 18.0 Å². The van der Waals surface area contributed by atoms with E-state index in [0.29, 0.717) is 12.5 Å². The number of likely N-dealkylation sites (N-methyl/N-ethyl adjacent to an activating group) is 1. The molecule has 1 atom stereocenters. The molecule has 0 bridgehead atoms. The normalized spacial score (nSPS) is 20.3. The Morgan fingerprint density at radius 3 is 2.38 bits per heavy atom. The van der Waals surface area contributed by atoms with E-state index < -0.39 is 0 Å². The van der Waals surface area contributed by atoms with E-state index in [1.165, 1.54) is 30.5 Å². The lowest BCUT2D eigenvalue weighted by Gasteiger charge is -2.25. The minimum absolute atomic E-state index is 0.232. The molecule has 1 aliphatic heterocycles. The summed E-state index contributed by atoms with van der Waals surface area (Å²) in [4.78, 5) is 17.2. The number of benzene rings is 2. The summed E-state index contributed by atoms with van der Waals surface area (Å²) in [7, 11) is 1.98. The lowest BCUT2D eigenvalue weighted by Crippen LogP contribution is -2.40. The second-order valence-corrected chi connectivity index (χ2v) is 7.89. The molecule has 4 rings (SSSR count). The number of carbonyl (C=O) groups excluding carboxylic acids is 1. The van der Waals surface area contributed by atoms with Crippen molar-refractivity contribution >= 4 is 5.91 Å². The Labute approximate surface area is 156 Å². The van der Waals surface area contributed by atoms with Gasteiger partial charge in [-0.3, -0.25) is 4.79 Å². The SMILES string of the molecule is CN(C(=O)Cc1ccc(-c2ccccc2)cc1)C1CCN(CC2CC2)C1. The zero-order valence-electron chi connectivity index (χ0n) is 15.6. The van der Waals surface area contributed by atoms with Crippen molar-refractivity contribution in [3.8, 4) is 11.1 Å². The molecule has 136 valence electrons. The smallest absolute Gasteiger partial charge is 0.227 e. The third kappa shape index (κ3) is 4.16. The van der Waals surface area contributed by atoms with Gasteiger partial charge in [-0.15, -0.1) is 0 Å². The minimum atomic E-state index is 0.232. The molecule has 0 spiro atoms. The van der Waals surface area contributed by atoms with E-state index in [1.54, 1.807) is 0 Å². The van der Waals surface area contributed by atoms with Crippen molar-refractivity contribution < 1.29 is 4.79 Å². The lowest BCUT2D eigenvalue weighted by molar-refractivity contribution is -0.131. The van der Waals surface area contributed by atoms with Crippen LogP contribution in [0.4, 0.5) is 0 Å². The Bertz CT molecular complexity index is 737. The largest absolute Gasteiger partial charge is 0.341 e. The van der Waals surface area contributed by atoms with Crippen LogP contribution in [0, 0.1) is 5.92 Å². The predicted molar refractivity (Wildman–Crippen MR) is 106 cm³/mol. The highest BCUT2D eigenvalue weighted by molar-refractivity contribution is 5.79. The lowest BCUT2D eigenvalue weighted by atomic mass is 10.0. The van der Waals surface area contributed by atoms with Crippen LogP contribution >= 0.6 is 0 Å². The average Bonchev–Trinajstić information content (AvgIpc) is 3.37. The highest BCUT2D eigenvalue weighted by Crippen LogP contribution is 2.31. The molecule has 1 saturated carbocycles. The van der Waals surface area contributed by atoms with Crippen LogP contribution in [0.3, 0.4) is 0 Å². The number of likely N-dealkylation sites (tertiary alicyclic amines) is 1. The molecular formula is C23H28N2O. The molecule has 1 heterocycles. The van der Waals surface area contributed by atoms with Crippen LogP contribution < -0.4 is 0 Å². The van der Waals surface area contributed by atoms with Gasteiger partial charge < -0.3 is 9.80 Å². The van der Waals surface area contributed by atoms with Gasteiger partial charge in [0.15, 0.2) is 0 Å². The highest BCUT2D eigenvalue weighted by Gasteiger charge is 2.32. The molecule has 3 nitrogen and oxygen atoms in total. The van der Waals surface area contributed by atoms with E-state index in [0.717, 1.165) is 31.0 Å². The quantitative estimate of drug-likeness (QED) is 0.792. The molecule has 1 saturated heterocycles. The first kappa shape index (κ1) is 17.3. The van der Waals surface area contributed by atoms with E-state index in [4.69, 9.17) is 0 Å². The predicted octanol–water partition coefficient (Wildman–Crippen LogP) is 3.84. The molecular weight excluding hydrogens is 320 g/mol. The second kappa shape index (κ2) is 7.63. The molecule has 26 heavy (non-hydrogen) atoms. The van der Waals surface area contributed by atoms with Gasteiger partial charge in [0.05, 0.1) is 6.42 Å². The molecule has 0 aromatic heterocycles. The summed E-state index contributed by atoms with van der Waals surface area (Å²) in [5.41, 5.74) is 3.50. The number of carbonyl (C=O) groups is 1. The molecule has 1 unspecified atom stereocenters. The van der Waals surface area contributed by atoms with Gasteiger partial charge in [-0.05, 0) is 41.9 Å². The van der Waals surface area contributed by atoms with Crippen molar-refractivity contribution in [1.29, 1.82) is 0 Å². The summed E-state index contributed by atoms with van der Waals surface area (Å²) in [6.07, 6.45) is 4.40. The van der Waals surface area contributed by atoms with Crippen molar-refractivity contribution in [2.24, 2.45) is 5.92 Å². The average molecular weight is 348 g/mol. The molecule has 0 radical (unpaired) electrons. The Balaban J connectivity index is 1.32. The minimum Gasteiger partial charge on any atom is -0.341 e. The molecule has 0 N–H and O–H groups in total. The van der Waals surface area contributed by atoms with E-state index in [9.17, 15) is 4.79 Å². The molecule has 1 aliphatic carbocycles. The summed E-state index contributed by atoms with van der Waals surface area (Å²) >= 11 is 0. The highest BCUT2D eigenvalue weighted by atomic mass is 16.2. The first-order chi connectivity index (χ1) is 12.7. The Morgan fingerprint density at radius 1 is 1.00 bits per heavy atom. The summed E-state index contributed by atoms with van der Waals surface area (Å²) in [6, 6.07) is 19.1. The summed E-state index contributed by atoms with van der Waals surface area (Å²) in [5, 5.41) is 0. The monoisotopic (exact) mass is 348 g/mol. The van der Waals surface area contributed by atoms with E-state index >= 15 is 0 Å². The second-order valence-electron chi connectivity index (χ2n) is 7.89. The van der Waals surface area contributed by atoms with Gasteiger partial charge in [0.1, 0.15) is 0 Å². The third-order valence-corrected chi connectivity index (χ3v) is 5.82. The number of rotatable bonds is 6. The Hall–Kier alpha value is -2.13. The van der Waals surface area contributed by atoms with Gasteiger partial charge in [0, 0.05) is 32.7 Å². The van der Waals surface area contributed by atoms with Gasteiger partial charge in [-0.2, -0.15) is 0 Å². The van der Waals surface area contributed by atoms with Gasteiger partial charge in [-0.1, -0.05) is 54.6 Å². The van der Waals surface area contributed by atoms with Crippen molar-refractivity contribution in [1.82, 2.24) is 9.80 Å². The van der Waals surface area contributed by atoms with Crippen molar-refractivity contribution in [3.63, 3.8) is 0 Å². The fraction of sp³-hybridized carbons (Fsp3) is 0.435. The Morgan fingerprint density at radius 2 is 1.69 bits per heavy atom. The van der Waals surface area contributed by atoms with Crippen LogP contribution in [0.25, 0.3) is 11.1 Å². The van der Waals surface area contributed by atoms with Crippen LogP contribution in [0.2, 0.25) is 0 Å². The molecule has 2 aromatic carbocycles. The number of hydrogen-bond acceptors (Lipinski definition) is 2. The zero-order valence-corrected chi connectivity index (χ0v) is 15.6. The van der Waals surface area contributed by atoms with Crippen molar-refractivity contribution in [3.05, 3.63) is 60.2 Å². The van der Waals surface area contributed by atoms with Crippen LogP contribution in [0.15, 0.2) is 54.6 Å². The van der Waals surface area contributed by atoms with E-state index in [-0.39, 0.29) is 5.91 Å². The number of amides is 1. The summed E-state index contributed by atoms with van der Waals surface area (Å²) in [6.45, 7) is 3.43. The molecule has 2 aliphatic rings. The zero-order chi connectivity index (χ0) is 17.9. The topological polar surface area (TPSA) is 23.6 Å². The standard InChI is InChI=1S/C23H28N2O/c1-24(22-13-14-25(17-22)16-19-7-8-19)23(26)15-18-9-11-21(12-10-18)20-5-3-2-4-6-20/h2-6,9-12,19,22H,7-8,13-17H2,1H3. The third-order valence-electron chi connectivity index (χ3n) is 5.82. The van der Waals surface area contributed by atoms with Gasteiger partial charge in [0.25, 0.3) is 0 Å². The maximum Gasteiger partial charge on any atom is 0.227 e. The van der Waals surface area contributed by atoms with Crippen LogP contribution in [-0.4, -0.2) is 48.4 Å². The number of hydrogen-bond donors (Lipinski definition) is 0. The Kier molecular flexibility index (Phi) is 5.07. The first-order valence-electron chi connectivity index (χ1n) is 9.81. The van der Waals surface area contributed by atoms with E-state index in [2.05, 4.69) is 53.4 Å². The maximum absolute atomic E-state index is 12.7. The summed E-state index contributed by atoms with van der Waals surface area (Å²) < 4.78 is 0. The van der Waals surface area contributed by atoms with Gasteiger partial charge in [0.2, 0.25) is 5.91 Å². The fourth-order valence-corrected chi connectivity index (χ4v) is 3.91. The molecule has 3 heteroatoms. The van der Waals surface area contributed by atoms with Crippen molar-refractivity contribution in [2.45, 2.75) is 31.7 Å².